The Labute approximate surface area is 124 Å². The number of aromatic nitrogens is 1. The molecule has 7 heteroatoms. The molecular weight excluding hydrogens is 308 g/mol. The van der Waals surface area contributed by atoms with Gasteiger partial charge in [-0.1, -0.05) is 11.6 Å². The molecule has 3 rings (SSSR count). The van der Waals surface area contributed by atoms with Crippen LogP contribution in [0.4, 0.5) is 4.39 Å². The maximum Gasteiger partial charge on any atom is 0.341 e. The number of carboxylic acid groups (broad SMARTS) is 1. The third-order valence-electron chi connectivity index (χ3n) is 3.21. The summed E-state index contributed by atoms with van der Waals surface area (Å²) >= 11 is 6.00. The fourth-order valence-electron chi connectivity index (χ4n) is 2.20. The summed E-state index contributed by atoms with van der Waals surface area (Å²) in [5.41, 5.74) is -0.664. The highest BCUT2D eigenvalue weighted by molar-refractivity contribution is 6.35. The Morgan fingerprint density at radius 1 is 1.40 bits per heavy atom. The van der Waals surface area contributed by atoms with Gasteiger partial charge in [0.15, 0.2) is 0 Å². The molecule has 2 aromatic rings. The first-order valence-corrected chi connectivity index (χ1v) is 6.14. The fourth-order valence-corrected chi connectivity index (χ4v) is 2.51. The van der Waals surface area contributed by atoms with Crippen molar-refractivity contribution in [2.75, 3.05) is 0 Å². The Kier molecular flexibility index (Phi) is 3.75. The molecule has 1 heterocycles. The van der Waals surface area contributed by atoms with E-state index in [4.69, 9.17) is 16.7 Å². The normalized spacial score (nSPS) is 14.1. The molecule has 20 heavy (non-hydrogen) atoms. The predicted molar refractivity (Wildman–Crippen MR) is 75.7 cm³/mol. The predicted octanol–water partition coefficient (Wildman–Crippen LogP) is 3.25. The maximum atomic E-state index is 13.4. The van der Waals surface area contributed by atoms with Crippen molar-refractivity contribution in [2.45, 2.75) is 18.9 Å². The number of hydrogen-bond acceptors (Lipinski definition) is 2. The van der Waals surface area contributed by atoms with Crippen molar-refractivity contribution in [3.63, 3.8) is 0 Å². The molecule has 0 spiro atoms. The average Bonchev–Trinajstić information content (AvgIpc) is 3.13. The van der Waals surface area contributed by atoms with E-state index < -0.39 is 17.2 Å². The lowest BCUT2D eigenvalue weighted by molar-refractivity contribution is 0.0695. The molecule has 1 N–H and O–H groups in total. The van der Waals surface area contributed by atoms with E-state index in [2.05, 4.69) is 0 Å². The second kappa shape index (κ2) is 5.07. The molecule has 1 aliphatic rings. The van der Waals surface area contributed by atoms with Crippen LogP contribution in [0.3, 0.4) is 0 Å². The molecule has 0 aliphatic heterocycles. The van der Waals surface area contributed by atoms with Crippen LogP contribution in [0.1, 0.15) is 29.2 Å². The summed E-state index contributed by atoms with van der Waals surface area (Å²) in [5, 5.41) is 9.18. The fraction of sp³-hybridized carbons (Fsp3) is 0.231. The van der Waals surface area contributed by atoms with Crippen LogP contribution in [-0.4, -0.2) is 15.6 Å². The molecule has 106 valence electrons. The second-order valence-corrected chi connectivity index (χ2v) is 5.01. The minimum absolute atomic E-state index is 0. The van der Waals surface area contributed by atoms with Crippen LogP contribution in [0.25, 0.3) is 10.9 Å². The Morgan fingerprint density at radius 3 is 2.60 bits per heavy atom. The summed E-state index contributed by atoms with van der Waals surface area (Å²) in [5.74, 6) is -1.97. The van der Waals surface area contributed by atoms with E-state index >= 15 is 0 Å². The number of pyridine rings is 1. The van der Waals surface area contributed by atoms with Gasteiger partial charge in [0.25, 0.3) is 0 Å². The van der Waals surface area contributed by atoms with E-state index in [1.807, 2.05) is 0 Å². The third kappa shape index (κ3) is 2.27. The monoisotopic (exact) mass is 317 g/mol. The van der Waals surface area contributed by atoms with Crippen molar-refractivity contribution in [1.29, 1.82) is 0 Å². The highest BCUT2D eigenvalue weighted by Gasteiger charge is 2.27. The zero-order valence-electron chi connectivity index (χ0n) is 10.1. The van der Waals surface area contributed by atoms with E-state index in [1.165, 1.54) is 6.20 Å². The smallest absolute Gasteiger partial charge is 0.341 e. The molecular formula is C13H10Cl2FNO3. The molecule has 0 radical (unpaired) electrons. The van der Waals surface area contributed by atoms with Gasteiger partial charge in [0, 0.05) is 12.2 Å². The molecule has 1 saturated carbocycles. The Morgan fingerprint density at radius 2 is 2.05 bits per heavy atom. The van der Waals surface area contributed by atoms with Crippen LogP contribution in [-0.2, 0) is 0 Å². The van der Waals surface area contributed by atoms with Gasteiger partial charge in [-0.25, -0.2) is 9.18 Å². The van der Waals surface area contributed by atoms with Crippen LogP contribution in [0.15, 0.2) is 23.1 Å². The molecule has 1 aliphatic carbocycles. The molecule has 1 aromatic carbocycles. The van der Waals surface area contributed by atoms with Gasteiger partial charge in [-0.3, -0.25) is 4.79 Å². The summed E-state index contributed by atoms with van der Waals surface area (Å²) in [6, 6.07) is 2.29. The van der Waals surface area contributed by atoms with Gasteiger partial charge >= 0.3 is 5.97 Å². The summed E-state index contributed by atoms with van der Waals surface area (Å²) < 4.78 is 15.0. The van der Waals surface area contributed by atoms with Gasteiger partial charge in [-0.2, -0.15) is 0 Å². The van der Waals surface area contributed by atoms with Crippen LogP contribution >= 0.6 is 24.0 Å². The lowest BCUT2D eigenvalue weighted by Gasteiger charge is -2.12. The number of halogens is 3. The molecule has 0 saturated heterocycles. The van der Waals surface area contributed by atoms with E-state index in [-0.39, 0.29) is 34.4 Å². The lowest BCUT2D eigenvalue weighted by atomic mass is 10.1. The van der Waals surface area contributed by atoms with Gasteiger partial charge in [0.2, 0.25) is 5.43 Å². The van der Waals surface area contributed by atoms with Gasteiger partial charge in [0.1, 0.15) is 11.4 Å². The molecule has 0 bridgehead atoms. The van der Waals surface area contributed by atoms with Crippen molar-refractivity contribution in [3.05, 3.63) is 45.0 Å². The van der Waals surface area contributed by atoms with Crippen molar-refractivity contribution >= 4 is 40.9 Å². The van der Waals surface area contributed by atoms with Crippen molar-refractivity contribution in [1.82, 2.24) is 4.57 Å². The van der Waals surface area contributed by atoms with Crippen molar-refractivity contribution in [2.24, 2.45) is 0 Å². The number of rotatable bonds is 2. The van der Waals surface area contributed by atoms with Crippen LogP contribution in [0.5, 0.6) is 0 Å². The van der Waals surface area contributed by atoms with E-state index in [9.17, 15) is 14.0 Å². The minimum atomic E-state index is -1.32. The van der Waals surface area contributed by atoms with Gasteiger partial charge in [-0.15, -0.1) is 12.4 Å². The molecule has 0 amide bonds. The SMILES string of the molecule is Cl.O=C(O)c1cn(C2CC2)c2c(Cl)cc(F)cc2c1=O. The van der Waals surface area contributed by atoms with Crippen LogP contribution < -0.4 is 5.43 Å². The topological polar surface area (TPSA) is 59.3 Å². The zero-order valence-corrected chi connectivity index (χ0v) is 11.7. The zero-order chi connectivity index (χ0) is 13.7. The first-order valence-electron chi connectivity index (χ1n) is 5.76. The maximum absolute atomic E-state index is 13.4. The van der Waals surface area contributed by atoms with Crippen molar-refractivity contribution in [3.8, 4) is 0 Å². The minimum Gasteiger partial charge on any atom is -0.477 e. The number of hydrogen-bond donors (Lipinski definition) is 1. The van der Waals surface area contributed by atoms with E-state index in [0.29, 0.717) is 5.52 Å². The molecule has 4 nitrogen and oxygen atoms in total. The van der Waals surface area contributed by atoms with Crippen LogP contribution in [0, 0.1) is 5.82 Å². The summed E-state index contributed by atoms with van der Waals surface area (Å²) in [7, 11) is 0. The third-order valence-corrected chi connectivity index (χ3v) is 3.50. The largest absolute Gasteiger partial charge is 0.477 e. The molecule has 0 atom stereocenters. The summed E-state index contributed by atoms with van der Waals surface area (Å²) in [6.07, 6.45) is 3.09. The number of fused-ring (bicyclic) bond motifs is 1. The molecule has 0 unspecified atom stereocenters. The van der Waals surface area contributed by atoms with Crippen LogP contribution in [0.2, 0.25) is 5.02 Å². The number of benzene rings is 1. The number of carboxylic acids is 1. The standard InChI is InChI=1S/C13H9ClFNO3.ClH/c14-10-4-6(15)3-8-11(10)16(7-1-2-7)5-9(12(8)17)13(18)19;/h3-5,7H,1-2H2,(H,18,19);1H. The van der Waals surface area contributed by atoms with Gasteiger partial charge in [-0.05, 0) is 25.0 Å². The summed E-state index contributed by atoms with van der Waals surface area (Å²) in [6.45, 7) is 0. The van der Waals surface area contributed by atoms with E-state index in [1.54, 1.807) is 4.57 Å². The highest BCUT2D eigenvalue weighted by Crippen LogP contribution is 2.38. The molecule has 1 fully saturated rings. The Bertz CT molecular complexity index is 768. The quantitative estimate of drug-likeness (QED) is 0.925. The summed E-state index contributed by atoms with van der Waals surface area (Å²) in [4.78, 5) is 23.1. The average molecular weight is 318 g/mol. The first kappa shape index (κ1) is 14.8. The lowest BCUT2D eigenvalue weighted by Crippen LogP contribution is -2.19. The number of nitrogens with zero attached hydrogens (tertiary/aromatic N) is 1. The van der Waals surface area contributed by atoms with E-state index in [0.717, 1.165) is 25.0 Å². The first-order chi connectivity index (χ1) is 8.99. The second-order valence-electron chi connectivity index (χ2n) is 4.60. The number of carbonyl (C=O) groups is 1. The Hall–Kier alpha value is -1.59. The highest BCUT2D eigenvalue weighted by atomic mass is 35.5. The van der Waals surface area contributed by atoms with Gasteiger partial charge < -0.3 is 9.67 Å². The van der Waals surface area contributed by atoms with Crippen molar-refractivity contribution < 1.29 is 14.3 Å². The van der Waals surface area contributed by atoms with Gasteiger partial charge in [0.05, 0.1) is 15.9 Å². The number of aromatic carboxylic acids is 1. The Balaban J connectivity index is 0.00000147. The molecule has 1 aromatic heterocycles.